The summed E-state index contributed by atoms with van der Waals surface area (Å²) in [6, 6.07) is 8.44. The minimum atomic E-state index is -1.21. The highest BCUT2D eigenvalue weighted by molar-refractivity contribution is 7.13. The number of urea groups is 1. The van der Waals surface area contributed by atoms with Crippen molar-refractivity contribution in [2.45, 2.75) is 19.0 Å². The Balaban J connectivity index is 1.57. The molecule has 1 aliphatic rings. The maximum atomic E-state index is 12.8. The van der Waals surface area contributed by atoms with Gasteiger partial charge >= 0.3 is 6.03 Å². The minimum Gasteiger partial charge on any atom is -0.337 e. The van der Waals surface area contributed by atoms with Gasteiger partial charge in [0.05, 0.1) is 10.6 Å². The van der Waals surface area contributed by atoms with Gasteiger partial charge in [-0.3, -0.25) is 14.7 Å². The topological polar surface area (TPSA) is 101 Å². The summed E-state index contributed by atoms with van der Waals surface area (Å²) in [5.41, 5.74) is -0.741. The molecular formula is C16H13N5O3S. The monoisotopic (exact) mass is 355 g/mol. The molecule has 1 fully saturated rings. The van der Waals surface area contributed by atoms with Crippen LogP contribution in [0.3, 0.4) is 0 Å². The van der Waals surface area contributed by atoms with Crippen molar-refractivity contribution in [3.63, 3.8) is 0 Å². The van der Waals surface area contributed by atoms with Crippen LogP contribution < -0.4 is 5.32 Å². The van der Waals surface area contributed by atoms with Crippen molar-refractivity contribution in [1.29, 1.82) is 0 Å². The first-order valence-corrected chi connectivity index (χ1v) is 8.38. The summed E-state index contributed by atoms with van der Waals surface area (Å²) in [5.74, 6) is 0.216. The van der Waals surface area contributed by atoms with Crippen molar-refractivity contribution in [1.82, 2.24) is 25.3 Å². The summed E-state index contributed by atoms with van der Waals surface area (Å²) >= 11 is 1.48. The molecule has 4 heterocycles. The van der Waals surface area contributed by atoms with Crippen molar-refractivity contribution < 1.29 is 14.1 Å². The van der Waals surface area contributed by atoms with E-state index >= 15 is 0 Å². The molecule has 3 aromatic rings. The van der Waals surface area contributed by atoms with Crippen LogP contribution in [0.25, 0.3) is 10.7 Å². The van der Waals surface area contributed by atoms with E-state index in [2.05, 4.69) is 20.4 Å². The molecule has 1 aliphatic heterocycles. The number of aromatic nitrogens is 3. The van der Waals surface area contributed by atoms with Crippen LogP contribution >= 0.6 is 11.3 Å². The largest absolute Gasteiger partial charge is 0.337 e. The lowest BCUT2D eigenvalue weighted by molar-refractivity contribution is -0.131. The SMILES string of the molecule is CC1(c2ccccn2)NC(=O)N(Cc2nc(-c3cccs3)no2)C1=O. The Kier molecular flexibility index (Phi) is 3.57. The number of imide groups is 1. The molecule has 1 unspecified atom stereocenters. The number of carbonyl (C=O) groups excluding carboxylic acids is 2. The van der Waals surface area contributed by atoms with Crippen molar-refractivity contribution in [3.05, 3.63) is 53.5 Å². The molecule has 8 nitrogen and oxygen atoms in total. The van der Waals surface area contributed by atoms with E-state index in [0.29, 0.717) is 11.5 Å². The molecule has 3 aromatic heterocycles. The van der Waals surface area contributed by atoms with Crippen LogP contribution in [0.4, 0.5) is 4.79 Å². The normalized spacial score (nSPS) is 20.1. The summed E-state index contributed by atoms with van der Waals surface area (Å²) in [6.07, 6.45) is 1.58. The summed E-state index contributed by atoms with van der Waals surface area (Å²) < 4.78 is 5.18. The Morgan fingerprint density at radius 2 is 2.16 bits per heavy atom. The quantitative estimate of drug-likeness (QED) is 0.720. The predicted octanol–water partition coefficient (Wildman–Crippen LogP) is 2.16. The van der Waals surface area contributed by atoms with Crippen LogP contribution in [-0.2, 0) is 16.9 Å². The smallest absolute Gasteiger partial charge is 0.325 e. The van der Waals surface area contributed by atoms with Crippen LogP contribution in [0, 0.1) is 0 Å². The molecule has 0 saturated carbocycles. The lowest BCUT2D eigenvalue weighted by atomic mass is 9.97. The Labute approximate surface area is 146 Å². The molecule has 0 aromatic carbocycles. The van der Waals surface area contributed by atoms with Crippen molar-refractivity contribution >= 4 is 23.3 Å². The summed E-state index contributed by atoms with van der Waals surface area (Å²) in [5, 5.41) is 8.48. The number of rotatable bonds is 4. The van der Waals surface area contributed by atoms with E-state index in [9.17, 15) is 9.59 Å². The third kappa shape index (κ3) is 2.58. The number of hydrogen-bond acceptors (Lipinski definition) is 7. The first kappa shape index (κ1) is 15.5. The van der Waals surface area contributed by atoms with Crippen molar-refractivity contribution in [3.8, 4) is 10.7 Å². The fourth-order valence-electron chi connectivity index (χ4n) is 2.63. The average Bonchev–Trinajstić information content (AvgIpc) is 3.34. The van der Waals surface area contributed by atoms with Gasteiger partial charge in [-0.15, -0.1) is 11.3 Å². The molecule has 4 rings (SSSR count). The van der Waals surface area contributed by atoms with Gasteiger partial charge in [0, 0.05) is 6.20 Å². The fraction of sp³-hybridized carbons (Fsp3) is 0.188. The number of nitrogens with zero attached hydrogens (tertiary/aromatic N) is 4. The summed E-state index contributed by atoms with van der Waals surface area (Å²) in [7, 11) is 0. The second kappa shape index (κ2) is 5.78. The minimum absolute atomic E-state index is 0.0918. The maximum absolute atomic E-state index is 12.8. The highest BCUT2D eigenvalue weighted by atomic mass is 32.1. The molecular weight excluding hydrogens is 342 g/mol. The van der Waals surface area contributed by atoms with Gasteiger partial charge in [-0.2, -0.15) is 4.98 Å². The first-order chi connectivity index (χ1) is 12.1. The van der Waals surface area contributed by atoms with Crippen LogP contribution in [-0.4, -0.2) is 32.0 Å². The zero-order chi connectivity index (χ0) is 17.4. The number of nitrogens with one attached hydrogen (secondary N) is 1. The molecule has 0 bridgehead atoms. The molecule has 3 amide bonds. The van der Waals surface area contributed by atoms with E-state index in [1.807, 2.05) is 17.5 Å². The van der Waals surface area contributed by atoms with Gasteiger partial charge in [0.15, 0.2) is 5.54 Å². The lowest BCUT2D eigenvalue weighted by Crippen LogP contribution is -2.41. The number of thiophene rings is 1. The molecule has 1 N–H and O–H groups in total. The number of pyridine rings is 1. The number of hydrogen-bond donors (Lipinski definition) is 1. The predicted molar refractivity (Wildman–Crippen MR) is 88.3 cm³/mol. The third-order valence-electron chi connectivity index (χ3n) is 3.96. The van der Waals surface area contributed by atoms with Gasteiger partial charge < -0.3 is 9.84 Å². The van der Waals surface area contributed by atoms with Gasteiger partial charge in [-0.25, -0.2) is 4.79 Å². The van der Waals surface area contributed by atoms with E-state index in [0.717, 1.165) is 9.78 Å². The van der Waals surface area contributed by atoms with E-state index in [4.69, 9.17) is 4.52 Å². The van der Waals surface area contributed by atoms with Gasteiger partial charge in [-0.1, -0.05) is 17.3 Å². The van der Waals surface area contributed by atoms with Crippen molar-refractivity contribution in [2.75, 3.05) is 0 Å². The average molecular weight is 355 g/mol. The second-order valence-electron chi connectivity index (χ2n) is 5.65. The summed E-state index contributed by atoms with van der Waals surface area (Å²) in [6.45, 7) is 1.53. The molecule has 0 radical (unpaired) electrons. The Hall–Kier alpha value is -3.07. The molecule has 0 aliphatic carbocycles. The second-order valence-corrected chi connectivity index (χ2v) is 6.60. The van der Waals surface area contributed by atoms with Crippen LogP contribution in [0.15, 0.2) is 46.4 Å². The number of carbonyl (C=O) groups is 2. The highest BCUT2D eigenvalue weighted by Gasteiger charge is 2.50. The molecule has 25 heavy (non-hydrogen) atoms. The molecule has 126 valence electrons. The Morgan fingerprint density at radius 3 is 2.88 bits per heavy atom. The van der Waals surface area contributed by atoms with Crippen LogP contribution in [0.1, 0.15) is 18.5 Å². The maximum Gasteiger partial charge on any atom is 0.325 e. The number of amides is 3. The molecule has 1 atom stereocenters. The summed E-state index contributed by atoms with van der Waals surface area (Å²) in [4.78, 5) is 35.4. The van der Waals surface area contributed by atoms with E-state index in [-0.39, 0.29) is 12.4 Å². The van der Waals surface area contributed by atoms with E-state index in [1.54, 1.807) is 31.3 Å². The van der Waals surface area contributed by atoms with E-state index < -0.39 is 17.5 Å². The first-order valence-electron chi connectivity index (χ1n) is 7.50. The van der Waals surface area contributed by atoms with Crippen LogP contribution in [0.5, 0.6) is 0 Å². The Morgan fingerprint density at radius 1 is 1.28 bits per heavy atom. The van der Waals surface area contributed by atoms with Gasteiger partial charge in [0.1, 0.15) is 6.54 Å². The zero-order valence-electron chi connectivity index (χ0n) is 13.2. The molecule has 9 heteroatoms. The van der Waals surface area contributed by atoms with Crippen LogP contribution in [0.2, 0.25) is 0 Å². The molecule has 1 saturated heterocycles. The van der Waals surface area contributed by atoms with Gasteiger partial charge in [0.25, 0.3) is 5.91 Å². The Bertz CT molecular complexity index is 924. The van der Waals surface area contributed by atoms with Crippen molar-refractivity contribution in [2.24, 2.45) is 0 Å². The van der Waals surface area contributed by atoms with E-state index in [1.165, 1.54) is 11.3 Å². The third-order valence-corrected chi connectivity index (χ3v) is 4.82. The van der Waals surface area contributed by atoms with Gasteiger partial charge in [0.2, 0.25) is 11.7 Å². The molecule has 0 spiro atoms. The fourth-order valence-corrected chi connectivity index (χ4v) is 3.28. The highest BCUT2D eigenvalue weighted by Crippen LogP contribution is 2.28. The van der Waals surface area contributed by atoms with Gasteiger partial charge in [-0.05, 0) is 30.5 Å². The lowest BCUT2D eigenvalue weighted by Gasteiger charge is -2.20. The zero-order valence-corrected chi connectivity index (χ0v) is 14.0. The standard InChI is InChI=1S/C16H13N5O3S/c1-16(11-6-2-3-7-17-11)14(22)21(15(23)19-16)9-12-18-13(20-24-12)10-5-4-8-25-10/h2-8H,9H2,1H3,(H,19,23).